The lowest BCUT2D eigenvalue weighted by atomic mass is 10.0. The Labute approximate surface area is 187 Å². The number of nitrogens with zero attached hydrogens (tertiary/aromatic N) is 4. The Morgan fingerprint density at radius 1 is 1.10 bits per heavy atom. The lowest BCUT2D eigenvalue weighted by Gasteiger charge is -2.26. The summed E-state index contributed by atoms with van der Waals surface area (Å²) >= 11 is 12.3. The molecule has 0 bridgehead atoms. The summed E-state index contributed by atoms with van der Waals surface area (Å²) in [5, 5.41) is 17.2. The van der Waals surface area contributed by atoms with Gasteiger partial charge in [-0.1, -0.05) is 23.2 Å². The van der Waals surface area contributed by atoms with Crippen molar-refractivity contribution in [2.45, 2.75) is 13.1 Å². The van der Waals surface area contributed by atoms with Gasteiger partial charge in [0.05, 0.1) is 36.0 Å². The number of amides is 3. The summed E-state index contributed by atoms with van der Waals surface area (Å²) in [7, 11) is 0. The van der Waals surface area contributed by atoms with Crippen molar-refractivity contribution in [2.24, 2.45) is 5.73 Å². The Bertz CT molecular complexity index is 1210. The molecular formula is C21H16Cl2N6O2. The first-order valence-electron chi connectivity index (χ1n) is 9.27. The van der Waals surface area contributed by atoms with Crippen molar-refractivity contribution in [3.05, 3.63) is 69.3 Å². The molecule has 8 nitrogen and oxygen atoms in total. The minimum Gasteiger partial charge on any atom is -0.351 e. The van der Waals surface area contributed by atoms with E-state index in [0.717, 1.165) is 0 Å². The lowest BCUT2D eigenvalue weighted by molar-refractivity contribution is 0.102. The Morgan fingerprint density at radius 3 is 2.39 bits per heavy atom. The van der Waals surface area contributed by atoms with Gasteiger partial charge in [-0.05, 0) is 42.5 Å². The molecule has 0 radical (unpaired) electrons. The average molecular weight is 455 g/mol. The number of anilines is 1. The predicted molar refractivity (Wildman–Crippen MR) is 117 cm³/mol. The number of hydrogen-bond donors (Lipinski definition) is 2. The zero-order valence-corrected chi connectivity index (χ0v) is 17.6. The van der Waals surface area contributed by atoms with Gasteiger partial charge in [-0.2, -0.15) is 10.4 Å². The van der Waals surface area contributed by atoms with Gasteiger partial charge in [-0.25, -0.2) is 4.79 Å². The molecule has 1 aromatic heterocycles. The monoisotopic (exact) mass is 454 g/mol. The second kappa shape index (κ2) is 8.30. The second-order valence-corrected chi connectivity index (χ2v) is 7.83. The highest BCUT2D eigenvalue weighted by molar-refractivity contribution is 6.35. The zero-order chi connectivity index (χ0) is 22.1. The number of halogens is 2. The van der Waals surface area contributed by atoms with E-state index >= 15 is 0 Å². The summed E-state index contributed by atoms with van der Waals surface area (Å²) in [5.41, 5.74) is 8.28. The molecule has 10 heteroatoms. The van der Waals surface area contributed by atoms with Gasteiger partial charge in [0.1, 0.15) is 5.69 Å². The molecule has 1 aliphatic rings. The Balaban J connectivity index is 1.79. The van der Waals surface area contributed by atoms with Crippen LogP contribution in [0, 0.1) is 11.3 Å². The highest BCUT2D eigenvalue weighted by Gasteiger charge is 2.30. The first kappa shape index (κ1) is 20.7. The van der Waals surface area contributed by atoms with Crippen LogP contribution in [-0.2, 0) is 13.1 Å². The number of hydrogen-bond acceptors (Lipinski definition) is 4. The van der Waals surface area contributed by atoms with Crippen molar-refractivity contribution in [3.63, 3.8) is 0 Å². The number of carbonyl (C=O) groups is 2. The van der Waals surface area contributed by atoms with E-state index in [9.17, 15) is 9.59 Å². The van der Waals surface area contributed by atoms with Gasteiger partial charge in [0.15, 0.2) is 0 Å². The largest absolute Gasteiger partial charge is 0.351 e. The molecule has 3 aromatic rings. The van der Waals surface area contributed by atoms with Crippen molar-refractivity contribution in [3.8, 4) is 17.3 Å². The van der Waals surface area contributed by atoms with Gasteiger partial charge in [0.2, 0.25) is 0 Å². The summed E-state index contributed by atoms with van der Waals surface area (Å²) < 4.78 is 1.69. The molecule has 156 valence electrons. The van der Waals surface area contributed by atoms with Crippen LogP contribution in [0.25, 0.3) is 11.3 Å². The van der Waals surface area contributed by atoms with Gasteiger partial charge in [0.25, 0.3) is 5.91 Å². The number of fused-ring (bicyclic) bond motifs is 1. The topological polar surface area (TPSA) is 117 Å². The van der Waals surface area contributed by atoms with Gasteiger partial charge < -0.3 is 16.0 Å². The van der Waals surface area contributed by atoms with Crippen LogP contribution in [0.2, 0.25) is 10.0 Å². The predicted octanol–water partition coefficient (Wildman–Crippen LogP) is 3.88. The molecule has 3 N–H and O–H groups in total. The highest BCUT2D eigenvalue weighted by atomic mass is 35.5. The molecule has 0 saturated carbocycles. The van der Waals surface area contributed by atoms with Crippen LogP contribution in [-0.4, -0.2) is 33.2 Å². The zero-order valence-electron chi connectivity index (χ0n) is 16.1. The molecule has 31 heavy (non-hydrogen) atoms. The third-order valence-electron chi connectivity index (χ3n) is 4.93. The molecule has 1 aliphatic heterocycles. The van der Waals surface area contributed by atoms with Crippen LogP contribution in [0.15, 0.2) is 42.5 Å². The molecular weight excluding hydrogens is 439 g/mol. The molecule has 3 amide bonds. The average Bonchev–Trinajstić information content (AvgIpc) is 3.12. The Morgan fingerprint density at radius 2 is 1.77 bits per heavy atom. The lowest BCUT2D eigenvalue weighted by Crippen LogP contribution is -2.42. The standard InChI is InChI=1S/C21H16Cl2N6O2/c22-14-7-13(8-15(23)9-14)19-18(17-11-28(21(25)31)5-6-29(17)27-19)20(30)26-16-3-1-12(10-24)2-4-16/h1-4,7-9H,5-6,11H2,(H2,25,31)(H,26,30). The fourth-order valence-corrected chi connectivity index (χ4v) is 3.98. The van der Waals surface area contributed by atoms with E-state index in [0.29, 0.717) is 56.9 Å². The first-order chi connectivity index (χ1) is 14.9. The number of nitrogens with one attached hydrogen (secondary N) is 1. The van der Waals surface area contributed by atoms with Gasteiger partial charge >= 0.3 is 6.03 Å². The van der Waals surface area contributed by atoms with Gasteiger partial charge in [-0.3, -0.25) is 9.48 Å². The number of urea groups is 1. The summed E-state index contributed by atoms with van der Waals surface area (Å²) in [5.74, 6) is -0.414. The van der Waals surface area contributed by atoms with Crippen molar-refractivity contribution >= 4 is 40.8 Å². The number of primary amides is 1. The van der Waals surface area contributed by atoms with E-state index < -0.39 is 11.9 Å². The minimum atomic E-state index is -0.571. The smallest absolute Gasteiger partial charge is 0.315 e. The van der Waals surface area contributed by atoms with Crippen molar-refractivity contribution < 1.29 is 9.59 Å². The maximum absolute atomic E-state index is 13.3. The molecule has 2 aromatic carbocycles. The summed E-state index contributed by atoms with van der Waals surface area (Å²) in [6.45, 7) is 0.924. The summed E-state index contributed by atoms with van der Waals surface area (Å²) in [6, 6.07) is 12.9. The normalized spacial score (nSPS) is 12.7. The number of benzene rings is 2. The van der Waals surface area contributed by atoms with Crippen LogP contribution < -0.4 is 11.1 Å². The van der Waals surface area contributed by atoms with Gasteiger partial charge in [0, 0.05) is 27.8 Å². The third-order valence-corrected chi connectivity index (χ3v) is 5.36. The number of nitrogens with two attached hydrogens (primary N) is 1. The molecule has 0 aliphatic carbocycles. The van der Waals surface area contributed by atoms with E-state index in [4.69, 9.17) is 34.2 Å². The number of rotatable bonds is 3. The van der Waals surface area contributed by atoms with E-state index in [-0.39, 0.29) is 6.54 Å². The van der Waals surface area contributed by atoms with Crippen LogP contribution in [0.1, 0.15) is 21.6 Å². The van der Waals surface area contributed by atoms with E-state index in [2.05, 4.69) is 10.4 Å². The SMILES string of the molecule is N#Cc1ccc(NC(=O)c2c(-c3cc(Cl)cc(Cl)c3)nn3c2CN(C(N)=O)CC3)cc1. The minimum absolute atomic E-state index is 0.146. The maximum Gasteiger partial charge on any atom is 0.315 e. The van der Waals surface area contributed by atoms with Crippen molar-refractivity contribution in [2.75, 3.05) is 11.9 Å². The van der Waals surface area contributed by atoms with Crippen molar-refractivity contribution in [1.29, 1.82) is 5.26 Å². The molecule has 4 rings (SSSR count). The number of aromatic nitrogens is 2. The third kappa shape index (κ3) is 4.19. The van der Waals surface area contributed by atoms with E-state index in [1.54, 1.807) is 47.1 Å². The number of carbonyl (C=O) groups excluding carboxylic acids is 2. The number of nitriles is 1. The van der Waals surface area contributed by atoms with Crippen LogP contribution in [0.4, 0.5) is 10.5 Å². The Kier molecular flexibility index (Phi) is 5.55. The molecule has 0 atom stereocenters. The molecule has 0 unspecified atom stereocenters. The molecule has 0 spiro atoms. The second-order valence-electron chi connectivity index (χ2n) is 6.95. The first-order valence-corrected chi connectivity index (χ1v) is 10.0. The summed E-state index contributed by atoms with van der Waals surface area (Å²) in [4.78, 5) is 26.5. The fraction of sp³-hybridized carbons (Fsp3) is 0.143. The van der Waals surface area contributed by atoms with E-state index in [1.165, 1.54) is 4.90 Å². The van der Waals surface area contributed by atoms with Crippen molar-refractivity contribution in [1.82, 2.24) is 14.7 Å². The molecule has 2 heterocycles. The van der Waals surface area contributed by atoms with Crippen LogP contribution >= 0.6 is 23.2 Å². The molecule has 0 saturated heterocycles. The van der Waals surface area contributed by atoms with Crippen LogP contribution in [0.5, 0.6) is 0 Å². The maximum atomic E-state index is 13.3. The van der Waals surface area contributed by atoms with Crippen LogP contribution in [0.3, 0.4) is 0 Å². The molecule has 0 fully saturated rings. The summed E-state index contributed by atoms with van der Waals surface area (Å²) in [6.07, 6.45) is 0. The quantitative estimate of drug-likeness (QED) is 0.624. The van der Waals surface area contributed by atoms with Gasteiger partial charge in [-0.15, -0.1) is 0 Å². The highest BCUT2D eigenvalue weighted by Crippen LogP contribution is 2.32. The Hall–Kier alpha value is -3.54. The fourth-order valence-electron chi connectivity index (χ4n) is 3.46. The van der Waals surface area contributed by atoms with E-state index in [1.807, 2.05) is 6.07 Å².